The third kappa shape index (κ3) is 3.75. The summed E-state index contributed by atoms with van der Waals surface area (Å²) in [5.74, 6) is -1.94. The van der Waals surface area contributed by atoms with Crippen LogP contribution in [0.25, 0.3) is 22.2 Å². The number of rotatable bonds is 6. The van der Waals surface area contributed by atoms with E-state index in [1.165, 1.54) is 33.0 Å². The van der Waals surface area contributed by atoms with E-state index < -0.39 is 17.2 Å². The number of ether oxygens (including phenoxy) is 1. The first-order chi connectivity index (χ1) is 16.2. The van der Waals surface area contributed by atoms with Crippen molar-refractivity contribution in [3.63, 3.8) is 0 Å². The van der Waals surface area contributed by atoms with Crippen molar-refractivity contribution in [2.24, 2.45) is 21.1 Å². The quantitative estimate of drug-likeness (QED) is 0.312. The number of aryl methyl sites for hydroxylation is 3. The summed E-state index contributed by atoms with van der Waals surface area (Å²) in [5, 5.41) is 7.87. The number of halogens is 3. The van der Waals surface area contributed by atoms with Crippen molar-refractivity contribution >= 4 is 35.3 Å². The molecule has 2 aromatic heterocycles. The number of pyridine rings is 1. The molecule has 0 radical (unpaired) electrons. The van der Waals surface area contributed by atoms with Crippen LogP contribution in [0.5, 0.6) is 11.5 Å². The third-order valence-electron chi connectivity index (χ3n) is 5.48. The predicted octanol–water partition coefficient (Wildman–Crippen LogP) is 4.26. The van der Waals surface area contributed by atoms with Gasteiger partial charge in [0.25, 0.3) is 5.56 Å². The first-order valence-electron chi connectivity index (χ1n) is 9.78. The monoisotopic (exact) mass is 489 g/mol. The van der Waals surface area contributed by atoms with Crippen LogP contribution in [0.2, 0.25) is 0 Å². The summed E-state index contributed by atoms with van der Waals surface area (Å²) in [5.41, 5.74) is 0.507. The van der Waals surface area contributed by atoms with Crippen molar-refractivity contribution in [3.8, 4) is 22.6 Å². The van der Waals surface area contributed by atoms with Crippen LogP contribution in [0.15, 0.2) is 46.1 Å². The number of aromatic nitrogens is 3. The molecule has 0 spiro atoms. The lowest BCUT2D eigenvalue weighted by Gasteiger charge is -2.17. The van der Waals surface area contributed by atoms with Gasteiger partial charge >= 0.3 is 5.69 Å². The van der Waals surface area contributed by atoms with Crippen LogP contribution in [-0.2, 0) is 21.1 Å². The molecule has 4 aromatic rings. The largest absolute Gasteiger partial charge is 0.454 e. The number of hydrogen-bond acceptors (Lipinski definition) is 6. The first kappa shape index (κ1) is 23.2. The summed E-state index contributed by atoms with van der Waals surface area (Å²) in [6.07, 6.45) is 2.30. The second kappa shape index (κ2) is 8.78. The fourth-order valence-electron chi connectivity index (χ4n) is 3.75. The Morgan fingerprint density at radius 1 is 1.00 bits per heavy atom. The molecule has 0 bridgehead atoms. The predicted molar refractivity (Wildman–Crippen MR) is 125 cm³/mol. The Morgan fingerprint density at radius 2 is 1.68 bits per heavy atom. The standard InChI is InChI=1S/C22H18F3N5O3S/c1-28-10-14(13(9-26)20(21(28)31)27-34-25)12-7-16-17(30(3)22(32)29(16)2)8-19(12)33-18-5-4-11(23)6-15(18)24/h4-10,26-27H,1-3H3. The fraction of sp³-hybridized carbons (Fsp3) is 0.136. The average molecular weight is 489 g/mol. The second-order valence-electron chi connectivity index (χ2n) is 7.49. The van der Waals surface area contributed by atoms with Gasteiger partial charge in [0.2, 0.25) is 0 Å². The zero-order valence-corrected chi connectivity index (χ0v) is 19.0. The summed E-state index contributed by atoms with van der Waals surface area (Å²) < 4.78 is 52.9. The topological polar surface area (TPSA) is 94.0 Å². The van der Waals surface area contributed by atoms with Gasteiger partial charge in [-0.3, -0.25) is 18.7 Å². The lowest BCUT2D eigenvalue weighted by atomic mass is 9.99. The number of hydrogen-bond donors (Lipinski definition) is 2. The summed E-state index contributed by atoms with van der Waals surface area (Å²) >= 11 is -0.300. The molecule has 2 aromatic carbocycles. The first-order valence-corrected chi connectivity index (χ1v) is 10.5. The van der Waals surface area contributed by atoms with Crippen LogP contribution in [0.3, 0.4) is 0 Å². The molecule has 0 aliphatic rings. The molecule has 0 aliphatic heterocycles. The van der Waals surface area contributed by atoms with E-state index in [4.69, 9.17) is 10.1 Å². The Balaban J connectivity index is 2.08. The Morgan fingerprint density at radius 3 is 2.29 bits per heavy atom. The molecule has 12 heteroatoms. The Bertz CT molecular complexity index is 1580. The van der Waals surface area contributed by atoms with Gasteiger partial charge in [0.15, 0.2) is 23.9 Å². The number of anilines is 1. The molecule has 4 rings (SSSR count). The molecule has 0 unspecified atom stereocenters. The molecule has 0 saturated carbocycles. The van der Waals surface area contributed by atoms with E-state index in [-0.39, 0.29) is 46.3 Å². The van der Waals surface area contributed by atoms with E-state index in [9.17, 15) is 22.3 Å². The van der Waals surface area contributed by atoms with E-state index >= 15 is 0 Å². The number of nitrogens with one attached hydrogen (secondary N) is 2. The number of nitrogens with zero attached hydrogens (tertiary/aromatic N) is 3. The van der Waals surface area contributed by atoms with E-state index in [0.717, 1.165) is 18.3 Å². The zero-order valence-electron chi connectivity index (χ0n) is 18.1. The molecule has 0 aliphatic carbocycles. The number of benzene rings is 2. The van der Waals surface area contributed by atoms with E-state index in [1.54, 1.807) is 20.2 Å². The Hall–Kier alpha value is -3.93. The van der Waals surface area contributed by atoms with Crippen LogP contribution < -0.4 is 20.7 Å². The maximum atomic E-state index is 14.4. The minimum absolute atomic E-state index is 0.0537. The molecule has 8 nitrogen and oxygen atoms in total. The normalized spacial score (nSPS) is 11.1. The molecule has 2 N–H and O–H groups in total. The minimum atomic E-state index is -0.947. The third-order valence-corrected chi connectivity index (χ3v) is 5.76. The van der Waals surface area contributed by atoms with Crippen LogP contribution in [0.1, 0.15) is 5.56 Å². The van der Waals surface area contributed by atoms with E-state index in [1.807, 2.05) is 0 Å². The van der Waals surface area contributed by atoms with Gasteiger partial charge in [0.05, 0.1) is 11.0 Å². The second-order valence-corrected chi connectivity index (χ2v) is 7.84. The number of fused-ring (bicyclic) bond motifs is 1. The molecule has 0 amide bonds. The van der Waals surface area contributed by atoms with Gasteiger partial charge in [-0.25, -0.2) is 13.6 Å². The van der Waals surface area contributed by atoms with Crippen molar-refractivity contribution in [2.75, 3.05) is 4.72 Å². The van der Waals surface area contributed by atoms with Crippen LogP contribution in [0, 0.1) is 17.0 Å². The van der Waals surface area contributed by atoms with Gasteiger partial charge in [-0.15, -0.1) is 3.89 Å². The van der Waals surface area contributed by atoms with Crippen LogP contribution in [-0.4, -0.2) is 19.9 Å². The van der Waals surface area contributed by atoms with Crippen molar-refractivity contribution in [1.29, 1.82) is 5.41 Å². The van der Waals surface area contributed by atoms with Crippen molar-refractivity contribution in [1.82, 2.24) is 13.7 Å². The lowest BCUT2D eigenvalue weighted by Crippen LogP contribution is -2.21. The number of imidazole rings is 1. The smallest absolute Gasteiger partial charge is 0.328 e. The van der Waals surface area contributed by atoms with Crippen LogP contribution in [0.4, 0.5) is 18.4 Å². The maximum Gasteiger partial charge on any atom is 0.328 e. The van der Waals surface area contributed by atoms with Gasteiger partial charge in [-0.05, 0) is 18.2 Å². The van der Waals surface area contributed by atoms with Crippen molar-refractivity contribution < 1.29 is 17.4 Å². The van der Waals surface area contributed by atoms with Crippen molar-refractivity contribution in [3.05, 3.63) is 74.6 Å². The summed E-state index contributed by atoms with van der Waals surface area (Å²) in [6, 6.07) is 5.91. The summed E-state index contributed by atoms with van der Waals surface area (Å²) in [7, 11) is 4.58. The Labute approximate surface area is 195 Å². The van der Waals surface area contributed by atoms with E-state index in [0.29, 0.717) is 22.7 Å². The average Bonchev–Trinajstić information content (AvgIpc) is 3.01. The molecule has 0 saturated heterocycles. The summed E-state index contributed by atoms with van der Waals surface area (Å²) in [6.45, 7) is 0. The van der Waals surface area contributed by atoms with Gasteiger partial charge in [0, 0.05) is 62.4 Å². The van der Waals surface area contributed by atoms with Crippen LogP contribution >= 0.6 is 12.3 Å². The lowest BCUT2D eigenvalue weighted by molar-refractivity contribution is 0.439. The fourth-order valence-corrected chi connectivity index (χ4v) is 4.02. The van der Waals surface area contributed by atoms with Gasteiger partial charge < -0.3 is 14.7 Å². The molecule has 0 fully saturated rings. The highest BCUT2D eigenvalue weighted by Crippen LogP contribution is 2.39. The van der Waals surface area contributed by atoms with Crippen molar-refractivity contribution in [2.45, 2.75) is 0 Å². The highest BCUT2D eigenvalue weighted by molar-refractivity contribution is 7.95. The SMILES string of the molecule is Cn1cc(-c2cc3c(cc2Oc2ccc(F)cc2F)n(C)c(=O)n3C)c(C=N)c(NSF)c1=O. The van der Waals surface area contributed by atoms with E-state index in [2.05, 4.69) is 4.72 Å². The van der Waals surface area contributed by atoms with Gasteiger partial charge in [-0.2, -0.15) is 0 Å². The summed E-state index contributed by atoms with van der Waals surface area (Å²) in [4.78, 5) is 25.0. The molecule has 34 heavy (non-hydrogen) atoms. The zero-order chi connectivity index (χ0) is 24.7. The van der Waals surface area contributed by atoms with Gasteiger partial charge in [0.1, 0.15) is 17.3 Å². The highest BCUT2D eigenvalue weighted by atomic mass is 32.2. The Kier molecular flexibility index (Phi) is 6.00. The maximum absolute atomic E-state index is 14.4. The highest BCUT2D eigenvalue weighted by Gasteiger charge is 2.22. The molecular weight excluding hydrogens is 471 g/mol. The molecule has 176 valence electrons. The minimum Gasteiger partial charge on any atom is -0.454 e. The molecule has 0 atom stereocenters. The molecule has 2 heterocycles. The van der Waals surface area contributed by atoms with Gasteiger partial charge in [-0.1, -0.05) is 0 Å². The molecular formula is C22H18F3N5O3S.